The first kappa shape index (κ1) is 32.6. The Morgan fingerprint density at radius 1 is 0.521 bits per heavy atom. The van der Waals surface area contributed by atoms with Crippen LogP contribution in [0.3, 0.4) is 0 Å². The highest BCUT2D eigenvalue weighted by molar-refractivity contribution is 7.86. The Bertz CT molecular complexity index is 2530. The molecule has 0 saturated heterocycles. The van der Waals surface area contributed by atoms with Crippen LogP contribution < -0.4 is 0 Å². The van der Waals surface area contributed by atoms with Crippen LogP contribution >= 0.6 is 0 Å². The van der Waals surface area contributed by atoms with Gasteiger partial charge in [-0.3, -0.25) is 13.7 Å². The molecule has 0 saturated carbocycles. The van der Waals surface area contributed by atoms with Crippen LogP contribution in [0.15, 0.2) is 118 Å². The molecule has 48 heavy (non-hydrogen) atoms. The highest BCUT2D eigenvalue weighted by Crippen LogP contribution is 2.27. The Kier molecular flexibility index (Phi) is 8.37. The van der Waals surface area contributed by atoms with E-state index >= 15 is 0 Å². The zero-order valence-electron chi connectivity index (χ0n) is 24.2. The Labute approximate surface area is 273 Å². The quantitative estimate of drug-likeness (QED) is 0.142. The van der Waals surface area contributed by atoms with E-state index in [1.807, 2.05) is 30.3 Å². The molecule has 2 aromatic heterocycles. The van der Waals surface area contributed by atoms with Gasteiger partial charge >= 0.3 is 0 Å². The molecule has 0 spiro atoms. The third kappa shape index (κ3) is 6.98. The summed E-state index contributed by atoms with van der Waals surface area (Å²) in [6.45, 7) is 0. The van der Waals surface area contributed by atoms with Crippen LogP contribution in [0.4, 0.5) is 0 Å². The van der Waals surface area contributed by atoms with Gasteiger partial charge in [0.15, 0.2) is 0 Å². The molecule has 0 radical (unpaired) electrons. The van der Waals surface area contributed by atoms with E-state index < -0.39 is 40.1 Å². The third-order valence-corrected chi connectivity index (χ3v) is 9.64. The molecule has 0 amide bonds. The molecule has 244 valence electrons. The van der Waals surface area contributed by atoms with E-state index in [-0.39, 0.29) is 33.1 Å². The maximum atomic E-state index is 12.4. The highest BCUT2D eigenvalue weighted by atomic mass is 32.2. The smallest absolute Gasteiger partial charge is 0.282 e. The van der Waals surface area contributed by atoms with Gasteiger partial charge in [-0.05, 0) is 47.5 Å². The second-order valence-corrected chi connectivity index (χ2v) is 14.3. The van der Waals surface area contributed by atoms with Gasteiger partial charge in [0.05, 0.1) is 28.7 Å². The highest BCUT2D eigenvalue weighted by Gasteiger charge is 2.19. The van der Waals surface area contributed by atoms with Crippen molar-refractivity contribution in [1.29, 1.82) is 0 Å². The van der Waals surface area contributed by atoms with Crippen LogP contribution in [0.5, 0.6) is 0 Å². The predicted molar refractivity (Wildman–Crippen MR) is 172 cm³/mol. The number of benzene rings is 4. The molecule has 6 aromatic rings. The Morgan fingerprint density at radius 3 is 1.38 bits per heavy atom. The molecule has 3 N–H and O–H groups in total. The van der Waals surface area contributed by atoms with E-state index in [0.717, 1.165) is 22.5 Å². The number of hydrogen-bond donors (Lipinski definition) is 3. The van der Waals surface area contributed by atoms with Crippen molar-refractivity contribution in [2.75, 3.05) is 0 Å². The minimum absolute atomic E-state index is 0.000421. The molecule has 0 aliphatic carbocycles. The van der Waals surface area contributed by atoms with Crippen LogP contribution in [0.2, 0.25) is 0 Å². The van der Waals surface area contributed by atoms with Gasteiger partial charge in [-0.25, -0.2) is 0 Å². The Hall–Kier alpha value is -5.37. The van der Waals surface area contributed by atoms with Crippen LogP contribution in [-0.4, -0.2) is 68.9 Å². The fourth-order valence-electron chi connectivity index (χ4n) is 4.64. The molecular weight excluding hydrogens is 685 g/mol. The summed E-state index contributed by atoms with van der Waals surface area (Å²) in [6, 6.07) is 22.2. The van der Waals surface area contributed by atoms with Crippen molar-refractivity contribution in [3.05, 3.63) is 115 Å². The lowest BCUT2D eigenvalue weighted by Crippen LogP contribution is -2.06. The zero-order chi connectivity index (χ0) is 34.3. The van der Waals surface area contributed by atoms with Gasteiger partial charge in [-0.2, -0.15) is 45.0 Å². The molecule has 6 rings (SSSR count). The van der Waals surface area contributed by atoms with Gasteiger partial charge in [0, 0.05) is 11.1 Å². The normalized spacial score (nSPS) is 12.5. The first-order chi connectivity index (χ1) is 22.7. The van der Waals surface area contributed by atoms with Crippen molar-refractivity contribution < 1.29 is 38.9 Å². The first-order valence-corrected chi connectivity index (χ1v) is 17.9. The maximum Gasteiger partial charge on any atom is 0.295 e. The van der Waals surface area contributed by atoms with Gasteiger partial charge in [0.25, 0.3) is 30.4 Å². The SMILES string of the molecule is O=S(=O)(O)c1ccc(-c2cnn(-c3ccc(C=Cc4ccc(-n5ncc(-c6ccccc6)n5)cc4S(=O)(=O)O)c(S(=O)(=O)O)c3)n2)cc1. The Balaban J connectivity index is 1.31. The van der Waals surface area contributed by atoms with Crippen molar-refractivity contribution in [1.82, 2.24) is 30.0 Å². The van der Waals surface area contributed by atoms with Gasteiger partial charge in [0.1, 0.15) is 21.2 Å². The second-order valence-electron chi connectivity index (χ2n) is 10.1. The molecule has 0 fully saturated rings. The van der Waals surface area contributed by atoms with Crippen molar-refractivity contribution in [2.45, 2.75) is 14.7 Å². The van der Waals surface area contributed by atoms with Gasteiger partial charge in [-0.1, -0.05) is 66.7 Å². The number of nitrogens with zero attached hydrogens (tertiary/aromatic N) is 6. The van der Waals surface area contributed by atoms with Crippen LogP contribution in [0.1, 0.15) is 11.1 Å². The molecule has 0 aliphatic heterocycles. The van der Waals surface area contributed by atoms with Crippen molar-refractivity contribution in [3.63, 3.8) is 0 Å². The predicted octanol–water partition coefficient (Wildman–Crippen LogP) is 4.09. The fourth-order valence-corrected chi connectivity index (χ4v) is 6.53. The lowest BCUT2D eigenvalue weighted by atomic mass is 10.1. The molecule has 0 atom stereocenters. The standard InChI is InChI=1S/C30H22N6O9S3/c37-46(38,39)26-14-10-21(11-15-26)28-19-32-36(34-28)25-13-9-23(30(17-25)48(43,44)45)7-6-22-8-12-24(16-29(22)47(40,41)42)35-31-18-27(33-35)20-4-2-1-3-5-20/h1-19H,(H,37,38,39)(H,40,41,42)(H,43,44,45). The summed E-state index contributed by atoms with van der Waals surface area (Å²) in [5.74, 6) is 0. The average Bonchev–Trinajstić information content (AvgIpc) is 3.74. The van der Waals surface area contributed by atoms with E-state index in [1.54, 1.807) is 0 Å². The van der Waals surface area contributed by atoms with Gasteiger partial charge in [0.2, 0.25) is 0 Å². The van der Waals surface area contributed by atoms with Crippen molar-refractivity contribution in [2.24, 2.45) is 0 Å². The van der Waals surface area contributed by atoms with Crippen molar-refractivity contribution >= 4 is 42.5 Å². The summed E-state index contributed by atoms with van der Waals surface area (Å²) in [5.41, 5.74) is 2.39. The van der Waals surface area contributed by atoms with Gasteiger partial charge in [-0.15, -0.1) is 10.2 Å². The zero-order valence-corrected chi connectivity index (χ0v) is 26.6. The molecule has 2 heterocycles. The minimum Gasteiger partial charge on any atom is -0.282 e. The van der Waals surface area contributed by atoms with Crippen molar-refractivity contribution in [3.8, 4) is 33.9 Å². The molecule has 15 nitrogen and oxygen atoms in total. The molecule has 4 aromatic carbocycles. The lowest BCUT2D eigenvalue weighted by Gasteiger charge is -2.08. The van der Waals surface area contributed by atoms with Crippen LogP contribution in [0.25, 0.3) is 46.0 Å². The van der Waals surface area contributed by atoms with E-state index in [2.05, 4.69) is 20.4 Å². The summed E-state index contributed by atoms with van der Waals surface area (Å²) < 4.78 is 101. The average molecular weight is 707 g/mol. The number of hydrogen-bond acceptors (Lipinski definition) is 10. The summed E-state index contributed by atoms with van der Waals surface area (Å²) in [7, 11) is -14.0. The molecule has 0 bridgehead atoms. The van der Waals surface area contributed by atoms with E-state index in [9.17, 15) is 38.9 Å². The molecule has 0 unspecified atom stereocenters. The summed E-state index contributed by atoms with van der Waals surface area (Å²) in [6.07, 6.45) is 5.34. The molecule has 0 aliphatic rings. The molecule has 18 heteroatoms. The lowest BCUT2D eigenvalue weighted by molar-refractivity contribution is 0.480. The topological polar surface area (TPSA) is 225 Å². The number of rotatable bonds is 9. The summed E-state index contributed by atoms with van der Waals surface area (Å²) in [4.78, 5) is 0.912. The summed E-state index contributed by atoms with van der Waals surface area (Å²) >= 11 is 0. The monoisotopic (exact) mass is 706 g/mol. The second kappa shape index (κ2) is 12.3. The van der Waals surface area contributed by atoms with Crippen LogP contribution in [0, 0.1) is 0 Å². The van der Waals surface area contributed by atoms with E-state index in [4.69, 9.17) is 0 Å². The number of aromatic nitrogens is 6. The first-order valence-electron chi connectivity index (χ1n) is 13.6. The third-order valence-electron chi connectivity index (χ3n) is 6.96. The Morgan fingerprint density at radius 2 is 0.958 bits per heavy atom. The van der Waals surface area contributed by atoms with E-state index in [0.29, 0.717) is 11.3 Å². The van der Waals surface area contributed by atoms with Crippen LogP contribution in [-0.2, 0) is 30.4 Å². The molecular formula is C30H22N6O9S3. The van der Waals surface area contributed by atoms with Gasteiger partial charge < -0.3 is 0 Å². The fraction of sp³-hybridized carbons (Fsp3) is 0. The van der Waals surface area contributed by atoms with E-state index in [1.165, 1.54) is 77.9 Å². The largest absolute Gasteiger partial charge is 0.295 e. The summed E-state index contributed by atoms with van der Waals surface area (Å²) in [5, 5.41) is 16.9. The minimum atomic E-state index is -4.82. The maximum absolute atomic E-state index is 12.4.